The molecule has 2 aromatic rings. The van der Waals surface area contributed by atoms with E-state index in [1.54, 1.807) is 21.7 Å². The molecule has 0 fully saturated rings. The van der Waals surface area contributed by atoms with Crippen LogP contribution in [0.4, 0.5) is 4.79 Å². The highest BCUT2D eigenvalue weighted by Gasteiger charge is 2.10. The van der Waals surface area contributed by atoms with Crippen LogP contribution in [0.1, 0.15) is 0 Å². The zero-order valence-corrected chi connectivity index (χ0v) is 11.2. The number of urea groups is 1. The summed E-state index contributed by atoms with van der Waals surface area (Å²) >= 11 is 0. The molecule has 2 amide bonds. The van der Waals surface area contributed by atoms with Gasteiger partial charge in [0.2, 0.25) is 0 Å². The van der Waals surface area contributed by atoms with Crippen LogP contribution in [0.15, 0.2) is 49.6 Å². The molecule has 6 nitrogen and oxygen atoms in total. The molecule has 0 atom stereocenters. The van der Waals surface area contributed by atoms with E-state index in [4.69, 9.17) is 0 Å². The molecule has 1 aromatic carbocycles. The molecular formula is C14H17N5O. The highest BCUT2D eigenvalue weighted by molar-refractivity contribution is 5.75. The third kappa shape index (κ3) is 3.03. The van der Waals surface area contributed by atoms with Crippen LogP contribution < -0.4 is 5.32 Å². The van der Waals surface area contributed by atoms with Gasteiger partial charge < -0.3 is 10.2 Å². The number of benzene rings is 1. The SMILES string of the molecule is C=CCN(CC=C)C(=O)NCn1nnc2ccccc21. The van der Waals surface area contributed by atoms with Crippen molar-refractivity contribution in [2.75, 3.05) is 13.1 Å². The van der Waals surface area contributed by atoms with Gasteiger partial charge >= 0.3 is 6.03 Å². The topological polar surface area (TPSA) is 63.1 Å². The molecule has 0 bridgehead atoms. The average molecular weight is 271 g/mol. The minimum Gasteiger partial charge on any atom is -0.318 e. The average Bonchev–Trinajstić information content (AvgIpc) is 2.88. The van der Waals surface area contributed by atoms with Crippen LogP contribution in [0.25, 0.3) is 11.0 Å². The number of carbonyl (C=O) groups excluding carboxylic acids is 1. The lowest BCUT2D eigenvalue weighted by Crippen LogP contribution is -2.41. The number of rotatable bonds is 6. The fraction of sp³-hybridized carbons (Fsp3) is 0.214. The number of para-hydroxylation sites is 1. The van der Waals surface area contributed by atoms with Crippen molar-refractivity contribution in [2.24, 2.45) is 0 Å². The first-order valence-electron chi connectivity index (χ1n) is 6.29. The van der Waals surface area contributed by atoms with Crippen LogP contribution in [-0.4, -0.2) is 39.0 Å². The molecule has 0 saturated heterocycles. The molecule has 0 aliphatic heterocycles. The Hall–Kier alpha value is -2.63. The van der Waals surface area contributed by atoms with Crippen LogP contribution in [0.3, 0.4) is 0 Å². The van der Waals surface area contributed by atoms with E-state index in [0.29, 0.717) is 13.1 Å². The Labute approximate surface area is 117 Å². The van der Waals surface area contributed by atoms with Crippen LogP contribution in [-0.2, 0) is 6.67 Å². The van der Waals surface area contributed by atoms with Crippen molar-refractivity contribution in [2.45, 2.75) is 6.67 Å². The first kappa shape index (κ1) is 13.8. The second kappa shape index (κ2) is 6.51. The molecule has 0 radical (unpaired) electrons. The summed E-state index contributed by atoms with van der Waals surface area (Å²) in [4.78, 5) is 13.6. The maximum atomic E-state index is 12.0. The maximum absolute atomic E-state index is 12.0. The fourth-order valence-corrected chi connectivity index (χ4v) is 1.84. The Balaban J connectivity index is 2.02. The third-order valence-electron chi connectivity index (χ3n) is 2.79. The third-order valence-corrected chi connectivity index (χ3v) is 2.79. The van der Waals surface area contributed by atoms with Crippen molar-refractivity contribution in [3.8, 4) is 0 Å². The molecule has 1 N–H and O–H groups in total. The number of hydrogen-bond acceptors (Lipinski definition) is 3. The van der Waals surface area contributed by atoms with E-state index < -0.39 is 0 Å². The van der Waals surface area contributed by atoms with Crippen molar-refractivity contribution in [3.63, 3.8) is 0 Å². The summed E-state index contributed by atoms with van der Waals surface area (Å²) in [6.07, 6.45) is 3.35. The van der Waals surface area contributed by atoms with Gasteiger partial charge in [-0.3, -0.25) is 0 Å². The summed E-state index contributed by atoms with van der Waals surface area (Å²) in [6.45, 7) is 8.47. The summed E-state index contributed by atoms with van der Waals surface area (Å²) in [5.74, 6) is 0. The lowest BCUT2D eigenvalue weighted by atomic mass is 10.3. The van der Waals surface area contributed by atoms with Gasteiger partial charge in [0, 0.05) is 13.1 Å². The van der Waals surface area contributed by atoms with E-state index >= 15 is 0 Å². The lowest BCUT2D eigenvalue weighted by molar-refractivity contribution is 0.205. The van der Waals surface area contributed by atoms with Crippen LogP contribution in [0.5, 0.6) is 0 Å². The van der Waals surface area contributed by atoms with E-state index in [1.807, 2.05) is 24.3 Å². The molecule has 0 spiro atoms. The van der Waals surface area contributed by atoms with Gasteiger partial charge in [0.15, 0.2) is 0 Å². The predicted octanol–water partition coefficient (Wildman–Crippen LogP) is 1.77. The highest BCUT2D eigenvalue weighted by Crippen LogP contribution is 2.08. The summed E-state index contributed by atoms with van der Waals surface area (Å²) in [7, 11) is 0. The zero-order valence-electron chi connectivity index (χ0n) is 11.2. The van der Waals surface area contributed by atoms with Gasteiger partial charge in [-0.15, -0.1) is 18.3 Å². The molecule has 0 unspecified atom stereocenters. The minimum absolute atomic E-state index is 0.190. The first-order valence-corrected chi connectivity index (χ1v) is 6.29. The molecule has 20 heavy (non-hydrogen) atoms. The van der Waals surface area contributed by atoms with Crippen molar-refractivity contribution >= 4 is 17.1 Å². The molecular weight excluding hydrogens is 254 g/mol. The van der Waals surface area contributed by atoms with E-state index in [9.17, 15) is 4.79 Å². The molecule has 0 saturated carbocycles. The summed E-state index contributed by atoms with van der Waals surface area (Å²) < 4.78 is 1.65. The quantitative estimate of drug-likeness (QED) is 0.814. The van der Waals surface area contributed by atoms with Gasteiger partial charge in [-0.25, -0.2) is 9.48 Å². The van der Waals surface area contributed by atoms with Gasteiger partial charge in [0.05, 0.1) is 5.52 Å². The number of amides is 2. The zero-order chi connectivity index (χ0) is 14.4. The highest BCUT2D eigenvalue weighted by atomic mass is 16.2. The van der Waals surface area contributed by atoms with Crippen molar-refractivity contribution in [1.29, 1.82) is 0 Å². The second-order valence-corrected chi connectivity index (χ2v) is 4.20. The fourth-order valence-electron chi connectivity index (χ4n) is 1.84. The Morgan fingerprint density at radius 1 is 1.30 bits per heavy atom. The van der Waals surface area contributed by atoms with Crippen LogP contribution in [0.2, 0.25) is 0 Å². The number of carbonyl (C=O) groups is 1. The molecule has 2 rings (SSSR count). The van der Waals surface area contributed by atoms with E-state index in [2.05, 4.69) is 28.8 Å². The predicted molar refractivity (Wildman–Crippen MR) is 78.0 cm³/mol. The molecule has 104 valence electrons. The van der Waals surface area contributed by atoms with Crippen molar-refractivity contribution in [3.05, 3.63) is 49.6 Å². The second-order valence-electron chi connectivity index (χ2n) is 4.20. The van der Waals surface area contributed by atoms with Crippen LogP contribution in [0, 0.1) is 0 Å². The largest absolute Gasteiger partial charge is 0.319 e. The normalized spacial score (nSPS) is 10.2. The number of nitrogens with zero attached hydrogens (tertiary/aromatic N) is 4. The maximum Gasteiger partial charge on any atom is 0.319 e. The first-order chi connectivity index (χ1) is 9.76. The number of nitrogens with one attached hydrogen (secondary N) is 1. The van der Waals surface area contributed by atoms with Crippen LogP contribution >= 0.6 is 0 Å². The standard InChI is InChI=1S/C14H17N5O/c1-3-9-18(10-4-2)14(20)15-11-19-13-8-6-5-7-12(13)16-17-19/h3-8H,1-2,9-11H2,(H,15,20). The summed E-state index contributed by atoms with van der Waals surface area (Å²) in [6, 6.07) is 7.40. The van der Waals surface area contributed by atoms with Gasteiger partial charge in [-0.1, -0.05) is 29.5 Å². The molecule has 6 heteroatoms. The number of hydrogen-bond donors (Lipinski definition) is 1. The summed E-state index contributed by atoms with van der Waals surface area (Å²) in [5.41, 5.74) is 1.68. The molecule has 1 aromatic heterocycles. The monoisotopic (exact) mass is 271 g/mol. The van der Waals surface area contributed by atoms with Crippen molar-refractivity contribution in [1.82, 2.24) is 25.2 Å². The minimum atomic E-state index is -0.190. The smallest absolute Gasteiger partial charge is 0.318 e. The van der Waals surface area contributed by atoms with Gasteiger partial charge in [0.25, 0.3) is 0 Å². The molecule has 0 aliphatic rings. The van der Waals surface area contributed by atoms with E-state index in [1.165, 1.54) is 0 Å². The van der Waals surface area contributed by atoms with Gasteiger partial charge in [0.1, 0.15) is 12.2 Å². The Kier molecular flexibility index (Phi) is 4.49. The lowest BCUT2D eigenvalue weighted by Gasteiger charge is -2.19. The molecule has 1 heterocycles. The van der Waals surface area contributed by atoms with Gasteiger partial charge in [-0.2, -0.15) is 0 Å². The number of fused-ring (bicyclic) bond motifs is 1. The Morgan fingerprint density at radius 2 is 2.00 bits per heavy atom. The number of aromatic nitrogens is 3. The Morgan fingerprint density at radius 3 is 2.70 bits per heavy atom. The van der Waals surface area contributed by atoms with Crippen molar-refractivity contribution < 1.29 is 4.79 Å². The van der Waals surface area contributed by atoms with E-state index in [-0.39, 0.29) is 12.7 Å². The summed E-state index contributed by atoms with van der Waals surface area (Å²) in [5, 5.41) is 10.8. The van der Waals surface area contributed by atoms with E-state index in [0.717, 1.165) is 11.0 Å². The van der Waals surface area contributed by atoms with Gasteiger partial charge in [-0.05, 0) is 12.1 Å². The Bertz CT molecular complexity index is 609. The molecule has 0 aliphatic carbocycles.